The van der Waals surface area contributed by atoms with Gasteiger partial charge in [0.15, 0.2) is 0 Å². The van der Waals surface area contributed by atoms with Crippen LogP contribution in [0.25, 0.3) is 0 Å². The van der Waals surface area contributed by atoms with E-state index in [1.165, 1.54) is 12.1 Å². The van der Waals surface area contributed by atoms with Crippen molar-refractivity contribution in [2.24, 2.45) is 0 Å². The van der Waals surface area contributed by atoms with Crippen molar-refractivity contribution >= 4 is 15.9 Å². The molecule has 1 heterocycles. The summed E-state index contributed by atoms with van der Waals surface area (Å²) in [6.07, 6.45) is 4.43. The standard InChI is InChI=1S/C22H27FN2O3S/c23-20-9-4-19(5-10-20)14-15-24-22(26)13-8-18-6-11-21(12-7-18)29(27,28)25-16-2-1-3-17-25/h4-7,9-12H,1-3,8,13-17H2,(H,24,26). The van der Waals surface area contributed by atoms with Crippen molar-refractivity contribution in [2.45, 2.75) is 43.4 Å². The van der Waals surface area contributed by atoms with Crippen LogP contribution in [-0.4, -0.2) is 38.3 Å². The number of amides is 1. The number of nitrogens with zero attached hydrogens (tertiary/aromatic N) is 1. The van der Waals surface area contributed by atoms with Gasteiger partial charge in [-0.05, 0) is 61.1 Å². The summed E-state index contributed by atoms with van der Waals surface area (Å²) in [5, 5.41) is 2.86. The van der Waals surface area contributed by atoms with E-state index in [1.807, 2.05) is 0 Å². The number of halogens is 1. The van der Waals surface area contributed by atoms with Crippen LogP contribution in [0.3, 0.4) is 0 Å². The monoisotopic (exact) mass is 418 g/mol. The minimum atomic E-state index is -3.42. The normalized spacial score (nSPS) is 15.2. The molecule has 0 aliphatic carbocycles. The zero-order valence-corrected chi connectivity index (χ0v) is 17.3. The molecule has 0 unspecified atom stereocenters. The molecular formula is C22H27FN2O3S. The van der Waals surface area contributed by atoms with Gasteiger partial charge in [-0.25, -0.2) is 12.8 Å². The van der Waals surface area contributed by atoms with Crippen LogP contribution in [0.4, 0.5) is 4.39 Å². The third kappa shape index (κ3) is 6.11. The summed E-state index contributed by atoms with van der Waals surface area (Å²) in [7, 11) is -3.42. The molecule has 3 rings (SSSR count). The molecule has 156 valence electrons. The highest BCUT2D eigenvalue weighted by atomic mass is 32.2. The fraction of sp³-hybridized carbons (Fsp3) is 0.409. The molecule has 7 heteroatoms. The number of nitrogens with one attached hydrogen (secondary N) is 1. The highest BCUT2D eigenvalue weighted by Gasteiger charge is 2.25. The Morgan fingerprint density at radius 2 is 1.48 bits per heavy atom. The molecule has 2 aromatic rings. The molecule has 0 atom stereocenters. The largest absolute Gasteiger partial charge is 0.356 e. The Bertz CT molecular complexity index is 906. The number of rotatable bonds is 8. The quantitative estimate of drug-likeness (QED) is 0.715. The summed E-state index contributed by atoms with van der Waals surface area (Å²) in [4.78, 5) is 12.3. The highest BCUT2D eigenvalue weighted by Crippen LogP contribution is 2.21. The maximum absolute atomic E-state index is 12.9. The van der Waals surface area contributed by atoms with Gasteiger partial charge in [0.05, 0.1) is 4.90 Å². The predicted octanol–water partition coefficient (Wildman–Crippen LogP) is 3.29. The molecule has 2 aromatic carbocycles. The van der Waals surface area contributed by atoms with Gasteiger partial charge >= 0.3 is 0 Å². The minimum Gasteiger partial charge on any atom is -0.356 e. The molecule has 0 spiro atoms. The number of carbonyl (C=O) groups is 1. The lowest BCUT2D eigenvalue weighted by atomic mass is 10.1. The molecule has 5 nitrogen and oxygen atoms in total. The average Bonchev–Trinajstić information content (AvgIpc) is 2.74. The van der Waals surface area contributed by atoms with Crippen molar-refractivity contribution in [3.63, 3.8) is 0 Å². The number of hydrogen-bond acceptors (Lipinski definition) is 3. The summed E-state index contributed by atoms with van der Waals surface area (Å²) >= 11 is 0. The number of piperidine rings is 1. The van der Waals surface area contributed by atoms with E-state index in [0.29, 0.717) is 43.8 Å². The van der Waals surface area contributed by atoms with Gasteiger partial charge in [-0.2, -0.15) is 4.31 Å². The van der Waals surface area contributed by atoms with E-state index in [-0.39, 0.29) is 11.7 Å². The first-order chi connectivity index (χ1) is 13.9. The third-order valence-corrected chi connectivity index (χ3v) is 7.08. The Morgan fingerprint density at radius 3 is 2.14 bits per heavy atom. The Labute approximate surface area is 172 Å². The van der Waals surface area contributed by atoms with E-state index in [9.17, 15) is 17.6 Å². The summed E-state index contributed by atoms with van der Waals surface area (Å²) < 4.78 is 39.8. The molecule has 1 saturated heterocycles. The highest BCUT2D eigenvalue weighted by molar-refractivity contribution is 7.89. The minimum absolute atomic E-state index is 0.0582. The van der Waals surface area contributed by atoms with Gasteiger partial charge in [-0.1, -0.05) is 30.7 Å². The predicted molar refractivity (Wildman–Crippen MR) is 110 cm³/mol. The molecule has 1 aliphatic heterocycles. The maximum atomic E-state index is 12.9. The fourth-order valence-electron chi connectivity index (χ4n) is 3.43. The second kappa shape index (κ2) is 9.98. The van der Waals surface area contributed by atoms with Gasteiger partial charge < -0.3 is 5.32 Å². The van der Waals surface area contributed by atoms with Gasteiger partial charge in [-0.15, -0.1) is 0 Å². The lowest BCUT2D eigenvalue weighted by molar-refractivity contribution is -0.121. The van der Waals surface area contributed by atoms with Gasteiger partial charge in [0.25, 0.3) is 0 Å². The smallest absolute Gasteiger partial charge is 0.243 e. The lowest BCUT2D eigenvalue weighted by Crippen LogP contribution is -2.35. The van der Waals surface area contributed by atoms with Crippen molar-refractivity contribution in [1.29, 1.82) is 0 Å². The molecule has 1 amide bonds. The first kappa shape index (κ1) is 21.5. The molecule has 1 aliphatic rings. The average molecular weight is 419 g/mol. The van der Waals surface area contributed by atoms with Crippen LogP contribution in [0.15, 0.2) is 53.4 Å². The van der Waals surface area contributed by atoms with Crippen LogP contribution in [0, 0.1) is 5.82 Å². The van der Waals surface area contributed by atoms with Crippen LogP contribution >= 0.6 is 0 Å². The van der Waals surface area contributed by atoms with Gasteiger partial charge in [0.2, 0.25) is 15.9 Å². The number of aryl methyl sites for hydroxylation is 1. The third-order valence-electron chi connectivity index (χ3n) is 5.17. The van der Waals surface area contributed by atoms with E-state index in [2.05, 4.69) is 5.32 Å². The van der Waals surface area contributed by atoms with E-state index < -0.39 is 10.0 Å². The first-order valence-electron chi connectivity index (χ1n) is 10.1. The summed E-state index contributed by atoms with van der Waals surface area (Å²) in [5.41, 5.74) is 1.90. The Hall–Kier alpha value is -2.25. The first-order valence-corrected chi connectivity index (χ1v) is 11.5. The fourth-order valence-corrected chi connectivity index (χ4v) is 4.94. The zero-order chi connectivity index (χ0) is 20.7. The second-order valence-corrected chi connectivity index (χ2v) is 9.27. The van der Waals surface area contributed by atoms with Gasteiger partial charge in [-0.3, -0.25) is 4.79 Å². The summed E-state index contributed by atoms with van der Waals surface area (Å²) in [6.45, 7) is 1.67. The molecular weight excluding hydrogens is 391 g/mol. The van der Waals surface area contributed by atoms with Gasteiger partial charge in [0.1, 0.15) is 5.82 Å². The lowest BCUT2D eigenvalue weighted by Gasteiger charge is -2.25. The van der Waals surface area contributed by atoms with Crippen LogP contribution in [-0.2, 0) is 27.7 Å². The number of sulfonamides is 1. The topological polar surface area (TPSA) is 66.5 Å². The summed E-state index contributed by atoms with van der Waals surface area (Å²) in [5.74, 6) is -0.329. The van der Waals surface area contributed by atoms with Crippen molar-refractivity contribution in [2.75, 3.05) is 19.6 Å². The van der Waals surface area contributed by atoms with E-state index in [0.717, 1.165) is 30.4 Å². The van der Waals surface area contributed by atoms with E-state index in [1.54, 1.807) is 40.7 Å². The molecule has 1 N–H and O–H groups in total. The number of benzene rings is 2. The molecule has 0 radical (unpaired) electrons. The van der Waals surface area contributed by atoms with Crippen molar-refractivity contribution in [3.8, 4) is 0 Å². The molecule has 0 aromatic heterocycles. The molecule has 29 heavy (non-hydrogen) atoms. The van der Waals surface area contributed by atoms with Gasteiger partial charge in [0, 0.05) is 26.1 Å². The van der Waals surface area contributed by atoms with E-state index >= 15 is 0 Å². The van der Waals surface area contributed by atoms with Crippen LogP contribution in [0.1, 0.15) is 36.8 Å². The molecule has 0 saturated carbocycles. The number of carbonyl (C=O) groups excluding carboxylic acids is 1. The maximum Gasteiger partial charge on any atom is 0.243 e. The zero-order valence-electron chi connectivity index (χ0n) is 16.4. The SMILES string of the molecule is O=C(CCc1ccc(S(=O)(=O)N2CCCCC2)cc1)NCCc1ccc(F)cc1. The molecule has 1 fully saturated rings. The van der Waals surface area contributed by atoms with Crippen molar-refractivity contribution in [1.82, 2.24) is 9.62 Å². The van der Waals surface area contributed by atoms with Crippen LogP contribution in [0.5, 0.6) is 0 Å². The van der Waals surface area contributed by atoms with E-state index in [4.69, 9.17) is 0 Å². The summed E-state index contributed by atoms with van der Waals surface area (Å²) in [6, 6.07) is 13.1. The molecule has 0 bridgehead atoms. The van der Waals surface area contributed by atoms with Crippen LogP contribution < -0.4 is 5.32 Å². The Morgan fingerprint density at radius 1 is 0.897 bits per heavy atom. The van der Waals surface area contributed by atoms with Crippen LogP contribution in [0.2, 0.25) is 0 Å². The number of hydrogen-bond donors (Lipinski definition) is 1. The Kier molecular flexibility index (Phi) is 7.39. The van der Waals surface area contributed by atoms with Crippen molar-refractivity contribution < 1.29 is 17.6 Å². The Balaban J connectivity index is 1.44. The van der Waals surface area contributed by atoms with Crippen molar-refractivity contribution in [3.05, 3.63) is 65.5 Å². The second-order valence-electron chi connectivity index (χ2n) is 7.34.